The molecule has 0 aliphatic rings. The van der Waals surface area contributed by atoms with Crippen molar-refractivity contribution in [3.63, 3.8) is 0 Å². The molecule has 88 valence electrons. The standard InChI is InChI=1S/C11H15BrN2O2/c1-13-11(15)5-6-14-9-7-8(12)3-4-10(9)16-2/h3-4,7,14H,5-6H2,1-2H3,(H,13,15). The van der Waals surface area contributed by atoms with Gasteiger partial charge in [0.1, 0.15) is 5.75 Å². The number of benzene rings is 1. The van der Waals surface area contributed by atoms with Crippen LogP contribution in [0.5, 0.6) is 5.75 Å². The molecule has 2 N–H and O–H groups in total. The summed E-state index contributed by atoms with van der Waals surface area (Å²) in [4.78, 5) is 11.0. The zero-order chi connectivity index (χ0) is 12.0. The van der Waals surface area contributed by atoms with Gasteiger partial charge in [0.25, 0.3) is 0 Å². The van der Waals surface area contributed by atoms with Gasteiger partial charge in [0.05, 0.1) is 12.8 Å². The molecule has 4 nitrogen and oxygen atoms in total. The molecule has 0 bridgehead atoms. The topological polar surface area (TPSA) is 50.4 Å². The van der Waals surface area contributed by atoms with E-state index in [1.807, 2.05) is 18.2 Å². The minimum atomic E-state index is 0.0152. The summed E-state index contributed by atoms with van der Waals surface area (Å²) < 4.78 is 6.17. The summed E-state index contributed by atoms with van der Waals surface area (Å²) in [5, 5.41) is 5.73. The quantitative estimate of drug-likeness (QED) is 0.871. The Morgan fingerprint density at radius 2 is 2.25 bits per heavy atom. The van der Waals surface area contributed by atoms with Crippen LogP contribution in [0.4, 0.5) is 5.69 Å². The number of anilines is 1. The maximum absolute atomic E-state index is 11.0. The lowest BCUT2D eigenvalue weighted by atomic mass is 10.3. The van der Waals surface area contributed by atoms with Crippen LogP contribution in [0.1, 0.15) is 6.42 Å². The van der Waals surface area contributed by atoms with E-state index < -0.39 is 0 Å². The first-order valence-corrected chi connectivity index (χ1v) is 5.74. The molecule has 0 aliphatic heterocycles. The van der Waals surface area contributed by atoms with E-state index in [-0.39, 0.29) is 5.91 Å². The molecule has 16 heavy (non-hydrogen) atoms. The monoisotopic (exact) mass is 286 g/mol. The van der Waals surface area contributed by atoms with Crippen LogP contribution in [-0.2, 0) is 4.79 Å². The molecule has 1 aromatic carbocycles. The molecule has 0 fully saturated rings. The predicted molar refractivity (Wildman–Crippen MR) is 67.9 cm³/mol. The van der Waals surface area contributed by atoms with Gasteiger partial charge in [0.2, 0.25) is 5.91 Å². The first-order valence-electron chi connectivity index (χ1n) is 4.95. The first kappa shape index (κ1) is 12.8. The third kappa shape index (κ3) is 3.73. The number of rotatable bonds is 5. The molecule has 0 saturated heterocycles. The summed E-state index contributed by atoms with van der Waals surface area (Å²) in [5.41, 5.74) is 0.876. The minimum Gasteiger partial charge on any atom is -0.495 e. The molecular formula is C11H15BrN2O2. The Bertz CT molecular complexity index is 369. The number of nitrogens with one attached hydrogen (secondary N) is 2. The van der Waals surface area contributed by atoms with Gasteiger partial charge < -0.3 is 15.4 Å². The number of halogens is 1. The minimum absolute atomic E-state index is 0.0152. The summed E-state index contributed by atoms with van der Waals surface area (Å²) >= 11 is 3.39. The highest BCUT2D eigenvalue weighted by Gasteiger charge is 2.03. The molecule has 0 unspecified atom stereocenters. The van der Waals surface area contributed by atoms with E-state index in [0.717, 1.165) is 15.9 Å². The van der Waals surface area contributed by atoms with Crippen molar-refractivity contribution in [2.24, 2.45) is 0 Å². The van der Waals surface area contributed by atoms with Gasteiger partial charge in [-0.05, 0) is 18.2 Å². The van der Waals surface area contributed by atoms with Crippen LogP contribution in [0.2, 0.25) is 0 Å². The number of hydrogen-bond acceptors (Lipinski definition) is 3. The average molecular weight is 287 g/mol. The molecule has 0 spiro atoms. The molecule has 0 aliphatic carbocycles. The predicted octanol–water partition coefficient (Wildman–Crippen LogP) is 2.01. The highest BCUT2D eigenvalue weighted by molar-refractivity contribution is 9.10. The largest absolute Gasteiger partial charge is 0.495 e. The lowest BCUT2D eigenvalue weighted by Gasteiger charge is -2.11. The van der Waals surface area contributed by atoms with Crippen LogP contribution < -0.4 is 15.4 Å². The van der Waals surface area contributed by atoms with Crippen molar-refractivity contribution in [3.05, 3.63) is 22.7 Å². The number of ether oxygens (including phenoxy) is 1. The van der Waals surface area contributed by atoms with Gasteiger partial charge >= 0.3 is 0 Å². The zero-order valence-corrected chi connectivity index (χ0v) is 10.9. The Morgan fingerprint density at radius 1 is 1.50 bits per heavy atom. The summed E-state index contributed by atoms with van der Waals surface area (Å²) in [6.07, 6.45) is 0.437. The van der Waals surface area contributed by atoms with Crippen LogP contribution in [-0.4, -0.2) is 26.6 Å². The van der Waals surface area contributed by atoms with Gasteiger partial charge in [-0.15, -0.1) is 0 Å². The van der Waals surface area contributed by atoms with Crippen LogP contribution in [0.15, 0.2) is 22.7 Å². The second-order valence-corrected chi connectivity index (χ2v) is 4.11. The van der Waals surface area contributed by atoms with E-state index in [1.54, 1.807) is 14.2 Å². The maximum Gasteiger partial charge on any atom is 0.221 e. The highest BCUT2D eigenvalue weighted by Crippen LogP contribution is 2.27. The fraction of sp³-hybridized carbons (Fsp3) is 0.364. The Hall–Kier alpha value is -1.23. The van der Waals surface area contributed by atoms with Gasteiger partial charge in [-0.25, -0.2) is 0 Å². The molecule has 5 heteroatoms. The Morgan fingerprint density at radius 3 is 2.88 bits per heavy atom. The summed E-state index contributed by atoms with van der Waals surface area (Å²) in [5.74, 6) is 0.779. The van der Waals surface area contributed by atoms with Crippen molar-refractivity contribution in [3.8, 4) is 5.75 Å². The SMILES string of the molecule is CNC(=O)CCNc1cc(Br)ccc1OC. The van der Waals surface area contributed by atoms with E-state index >= 15 is 0 Å². The number of carbonyl (C=O) groups excluding carboxylic acids is 1. The van der Waals surface area contributed by atoms with Crippen molar-refractivity contribution in [1.29, 1.82) is 0 Å². The summed E-state index contributed by atoms with van der Waals surface area (Å²) in [6, 6.07) is 5.69. The fourth-order valence-electron chi connectivity index (χ4n) is 1.25. The molecular weight excluding hydrogens is 272 g/mol. The van der Waals surface area contributed by atoms with Gasteiger partial charge in [0.15, 0.2) is 0 Å². The number of amides is 1. The van der Waals surface area contributed by atoms with Gasteiger partial charge in [-0.2, -0.15) is 0 Å². The first-order chi connectivity index (χ1) is 7.67. The molecule has 1 aromatic rings. The molecule has 0 aromatic heterocycles. The van der Waals surface area contributed by atoms with Gasteiger partial charge in [-0.3, -0.25) is 4.79 Å². The summed E-state index contributed by atoms with van der Waals surface area (Å²) in [7, 11) is 3.25. The molecule has 1 rings (SSSR count). The normalized spacial score (nSPS) is 9.69. The van der Waals surface area contributed by atoms with Crippen LogP contribution in [0, 0.1) is 0 Å². The molecule has 1 amide bonds. The highest BCUT2D eigenvalue weighted by atomic mass is 79.9. The third-order valence-corrected chi connectivity index (χ3v) is 2.60. The Kier molecular flexibility index (Phi) is 5.11. The molecule has 0 heterocycles. The van der Waals surface area contributed by atoms with Gasteiger partial charge in [0, 0.05) is 24.5 Å². The Balaban J connectivity index is 2.58. The van der Waals surface area contributed by atoms with E-state index in [4.69, 9.17) is 4.74 Å². The number of hydrogen-bond donors (Lipinski definition) is 2. The van der Waals surface area contributed by atoms with Gasteiger partial charge in [-0.1, -0.05) is 15.9 Å². The second kappa shape index (κ2) is 6.37. The second-order valence-electron chi connectivity index (χ2n) is 3.19. The van der Waals surface area contributed by atoms with Crippen molar-refractivity contribution in [2.45, 2.75) is 6.42 Å². The van der Waals surface area contributed by atoms with E-state index in [0.29, 0.717) is 13.0 Å². The number of methoxy groups -OCH3 is 1. The van der Waals surface area contributed by atoms with E-state index in [2.05, 4.69) is 26.6 Å². The fourth-order valence-corrected chi connectivity index (χ4v) is 1.62. The van der Waals surface area contributed by atoms with Crippen LogP contribution in [0.3, 0.4) is 0 Å². The number of carbonyl (C=O) groups is 1. The lowest BCUT2D eigenvalue weighted by molar-refractivity contribution is -0.120. The Labute approximate surface area is 103 Å². The molecule has 0 saturated carbocycles. The van der Waals surface area contributed by atoms with Crippen LogP contribution >= 0.6 is 15.9 Å². The van der Waals surface area contributed by atoms with Crippen LogP contribution in [0.25, 0.3) is 0 Å². The van der Waals surface area contributed by atoms with E-state index in [9.17, 15) is 4.79 Å². The summed E-state index contributed by atoms with van der Waals surface area (Å²) in [6.45, 7) is 0.576. The maximum atomic E-state index is 11.0. The molecule has 0 radical (unpaired) electrons. The van der Waals surface area contributed by atoms with Crippen molar-refractivity contribution >= 4 is 27.5 Å². The van der Waals surface area contributed by atoms with E-state index in [1.165, 1.54) is 0 Å². The smallest absolute Gasteiger partial charge is 0.221 e. The van der Waals surface area contributed by atoms with Crippen molar-refractivity contribution in [1.82, 2.24) is 5.32 Å². The van der Waals surface area contributed by atoms with Crippen molar-refractivity contribution < 1.29 is 9.53 Å². The zero-order valence-electron chi connectivity index (χ0n) is 9.34. The van der Waals surface area contributed by atoms with Crippen molar-refractivity contribution in [2.75, 3.05) is 26.0 Å². The average Bonchev–Trinajstić information content (AvgIpc) is 2.29. The molecule has 0 atom stereocenters. The lowest BCUT2D eigenvalue weighted by Crippen LogP contribution is -2.20. The third-order valence-electron chi connectivity index (χ3n) is 2.11.